The second-order valence-corrected chi connectivity index (χ2v) is 4.74. The first-order chi connectivity index (χ1) is 8.58. The maximum Gasteiger partial charge on any atom is 0.0737 e. The van der Waals surface area contributed by atoms with Gasteiger partial charge in [0, 0.05) is 34.9 Å². The Labute approximate surface area is 111 Å². The molecule has 0 radical (unpaired) electrons. The molecule has 1 heterocycles. The monoisotopic (exact) mass is 265 g/mol. The van der Waals surface area contributed by atoms with Crippen LogP contribution in [-0.4, -0.2) is 28.8 Å². The SMILES string of the molecule is CC(O)C(N)CNc1ccnc2cc(Cl)ccc12. The summed E-state index contributed by atoms with van der Waals surface area (Å²) in [5.74, 6) is 0. The number of aromatic nitrogens is 1. The molecule has 0 aliphatic rings. The summed E-state index contributed by atoms with van der Waals surface area (Å²) in [5.41, 5.74) is 7.55. The van der Waals surface area contributed by atoms with Crippen molar-refractivity contribution in [2.45, 2.75) is 19.1 Å². The molecule has 0 aliphatic carbocycles. The number of hydrogen-bond acceptors (Lipinski definition) is 4. The van der Waals surface area contributed by atoms with E-state index in [1.54, 1.807) is 13.1 Å². The molecular weight excluding hydrogens is 250 g/mol. The normalized spacial score (nSPS) is 14.4. The topological polar surface area (TPSA) is 71.2 Å². The summed E-state index contributed by atoms with van der Waals surface area (Å²) in [6.45, 7) is 2.18. The zero-order valence-corrected chi connectivity index (χ0v) is 10.9. The maximum atomic E-state index is 9.35. The van der Waals surface area contributed by atoms with Crippen LogP contribution < -0.4 is 11.1 Å². The number of anilines is 1. The average molecular weight is 266 g/mol. The summed E-state index contributed by atoms with van der Waals surface area (Å²) < 4.78 is 0. The van der Waals surface area contributed by atoms with Gasteiger partial charge < -0.3 is 16.2 Å². The molecule has 2 unspecified atom stereocenters. The highest BCUT2D eigenvalue weighted by atomic mass is 35.5. The minimum Gasteiger partial charge on any atom is -0.392 e. The van der Waals surface area contributed by atoms with Crippen LogP contribution in [0, 0.1) is 0 Å². The second kappa shape index (κ2) is 5.52. The van der Waals surface area contributed by atoms with Crippen molar-refractivity contribution >= 4 is 28.2 Å². The third-order valence-corrected chi connectivity index (χ3v) is 3.09. The number of rotatable bonds is 4. The van der Waals surface area contributed by atoms with Crippen molar-refractivity contribution < 1.29 is 5.11 Å². The lowest BCUT2D eigenvalue weighted by Crippen LogP contribution is -2.38. The van der Waals surface area contributed by atoms with E-state index >= 15 is 0 Å². The Hall–Kier alpha value is -1.36. The molecule has 5 heteroatoms. The minimum absolute atomic E-state index is 0.305. The lowest BCUT2D eigenvalue weighted by atomic mass is 10.1. The van der Waals surface area contributed by atoms with Gasteiger partial charge in [0.1, 0.15) is 0 Å². The third kappa shape index (κ3) is 2.90. The van der Waals surface area contributed by atoms with E-state index < -0.39 is 6.10 Å². The van der Waals surface area contributed by atoms with Crippen LogP contribution in [0.3, 0.4) is 0 Å². The van der Waals surface area contributed by atoms with Gasteiger partial charge in [-0.25, -0.2) is 0 Å². The number of halogens is 1. The molecule has 96 valence electrons. The van der Waals surface area contributed by atoms with Gasteiger partial charge in [0.15, 0.2) is 0 Å². The van der Waals surface area contributed by atoms with Crippen molar-refractivity contribution in [3.8, 4) is 0 Å². The van der Waals surface area contributed by atoms with Gasteiger partial charge in [0.2, 0.25) is 0 Å². The lowest BCUT2D eigenvalue weighted by Gasteiger charge is -2.17. The summed E-state index contributed by atoms with van der Waals surface area (Å²) in [5, 5.41) is 14.2. The Morgan fingerprint density at radius 1 is 1.44 bits per heavy atom. The van der Waals surface area contributed by atoms with E-state index in [0.29, 0.717) is 11.6 Å². The van der Waals surface area contributed by atoms with Gasteiger partial charge in [-0.05, 0) is 31.2 Å². The Morgan fingerprint density at radius 3 is 2.94 bits per heavy atom. The molecule has 0 fully saturated rings. The molecule has 0 aliphatic heterocycles. The Bertz CT molecular complexity index is 545. The van der Waals surface area contributed by atoms with Crippen molar-refractivity contribution in [2.24, 2.45) is 5.73 Å². The largest absolute Gasteiger partial charge is 0.392 e. The Balaban J connectivity index is 2.23. The first-order valence-corrected chi connectivity index (χ1v) is 6.17. The highest BCUT2D eigenvalue weighted by Crippen LogP contribution is 2.24. The zero-order chi connectivity index (χ0) is 13.1. The molecule has 0 amide bonds. The molecule has 0 saturated heterocycles. The van der Waals surface area contributed by atoms with E-state index in [1.807, 2.05) is 24.3 Å². The first-order valence-electron chi connectivity index (χ1n) is 5.79. The van der Waals surface area contributed by atoms with Gasteiger partial charge >= 0.3 is 0 Å². The summed E-state index contributed by atoms with van der Waals surface area (Å²) >= 11 is 5.93. The van der Waals surface area contributed by atoms with Crippen LogP contribution in [0.1, 0.15) is 6.92 Å². The van der Waals surface area contributed by atoms with E-state index in [-0.39, 0.29) is 6.04 Å². The van der Waals surface area contributed by atoms with Crippen LogP contribution in [-0.2, 0) is 0 Å². The summed E-state index contributed by atoms with van der Waals surface area (Å²) in [7, 11) is 0. The first kappa shape index (κ1) is 13.1. The van der Waals surface area contributed by atoms with Crippen molar-refractivity contribution in [3.63, 3.8) is 0 Å². The number of nitrogens with zero attached hydrogens (tertiary/aromatic N) is 1. The molecule has 4 N–H and O–H groups in total. The third-order valence-electron chi connectivity index (χ3n) is 2.85. The van der Waals surface area contributed by atoms with Crippen molar-refractivity contribution in [2.75, 3.05) is 11.9 Å². The van der Waals surface area contributed by atoms with Crippen LogP contribution in [0.25, 0.3) is 10.9 Å². The molecule has 2 rings (SSSR count). The van der Waals surface area contributed by atoms with Crippen LogP contribution in [0.4, 0.5) is 5.69 Å². The molecule has 1 aromatic heterocycles. The maximum absolute atomic E-state index is 9.35. The number of benzene rings is 1. The zero-order valence-electron chi connectivity index (χ0n) is 10.1. The number of hydrogen-bond donors (Lipinski definition) is 3. The average Bonchev–Trinajstić information content (AvgIpc) is 2.35. The van der Waals surface area contributed by atoms with E-state index in [0.717, 1.165) is 16.6 Å². The van der Waals surface area contributed by atoms with Gasteiger partial charge in [-0.3, -0.25) is 4.98 Å². The Kier molecular flexibility index (Phi) is 4.01. The summed E-state index contributed by atoms with van der Waals surface area (Å²) in [4.78, 5) is 4.26. The van der Waals surface area contributed by atoms with Gasteiger partial charge in [-0.15, -0.1) is 0 Å². The standard InChI is InChI=1S/C13H16ClN3O/c1-8(18)11(15)7-17-12-4-5-16-13-6-9(14)2-3-10(12)13/h2-6,8,11,18H,7,15H2,1H3,(H,16,17). The predicted octanol–water partition coefficient (Wildman–Crippen LogP) is 2.01. The molecule has 0 spiro atoms. The number of aliphatic hydroxyl groups is 1. The number of pyridine rings is 1. The van der Waals surface area contributed by atoms with Crippen molar-refractivity contribution in [1.29, 1.82) is 0 Å². The Morgan fingerprint density at radius 2 is 2.22 bits per heavy atom. The van der Waals surface area contributed by atoms with Crippen LogP contribution >= 0.6 is 11.6 Å². The van der Waals surface area contributed by atoms with Crippen LogP contribution in [0.15, 0.2) is 30.5 Å². The number of nitrogens with two attached hydrogens (primary N) is 1. The van der Waals surface area contributed by atoms with Gasteiger partial charge in [-0.1, -0.05) is 11.6 Å². The van der Waals surface area contributed by atoms with E-state index in [1.165, 1.54) is 0 Å². The predicted molar refractivity (Wildman–Crippen MR) is 74.9 cm³/mol. The summed E-state index contributed by atoms with van der Waals surface area (Å²) in [6.07, 6.45) is 1.18. The number of fused-ring (bicyclic) bond motifs is 1. The molecule has 0 saturated carbocycles. The molecule has 0 bridgehead atoms. The summed E-state index contributed by atoms with van der Waals surface area (Å²) in [6, 6.07) is 7.13. The highest BCUT2D eigenvalue weighted by Gasteiger charge is 2.09. The quantitative estimate of drug-likeness (QED) is 0.791. The van der Waals surface area contributed by atoms with Crippen molar-refractivity contribution in [3.05, 3.63) is 35.5 Å². The van der Waals surface area contributed by atoms with Gasteiger partial charge in [0.25, 0.3) is 0 Å². The molecule has 2 atom stereocenters. The number of aliphatic hydroxyl groups excluding tert-OH is 1. The van der Waals surface area contributed by atoms with E-state index in [4.69, 9.17) is 17.3 Å². The lowest BCUT2D eigenvalue weighted by molar-refractivity contribution is 0.168. The van der Waals surface area contributed by atoms with E-state index in [9.17, 15) is 5.11 Å². The van der Waals surface area contributed by atoms with Gasteiger partial charge in [0.05, 0.1) is 11.6 Å². The van der Waals surface area contributed by atoms with Crippen LogP contribution in [0.2, 0.25) is 5.02 Å². The molecule has 2 aromatic rings. The van der Waals surface area contributed by atoms with Crippen LogP contribution in [0.5, 0.6) is 0 Å². The van der Waals surface area contributed by atoms with E-state index in [2.05, 4.69) is 10.3 Å². The number of nitrogens with one attached hydrogen (secondary N) is 1. The van der Waals surface area contributed by atoms with Crippen molar-refractivity contribution in [1.82, 2.24) is 4.98 Å². The smallest absolute Gasteiger partial charge is 0.0737 e. The highest BCUT2D eigenvalue weighted by molar-refractivity contribution is 6.31. The molecule has 18 heavy (non-hydrogen) atoms. The molecule has 4 nitrogen and oxygen atoms in total. The fourth-order valence-corrected chi connectivity index (χ4v) is 1.84. The fraction of sp³-hybridized carbons (Fsp3) is 0.308. The molecule has 1 aromatic carbocycles. The second-order valence-electron chi connectivity index (χ2n) is 4.31. The minimum atomic E-state index is -0.542. The molecular formula is C13H16ClN3O. The fourth-order valence-electron chi connectivity index (χ4n) is 1.67. The van der Waals surface area contributed by atoms with Gasteiger partial charge in [-0.2, -0.15) is 0 Å².